The van der Waals surface area contributed by atoms with Gasteiger partial charge in [-0.3, -0.25) is 4.79 Å². The van der Waals surface area contributed by atoms with Gasteiger partial charge in [0.05, 0.1) is 6.61 Å². The zero-order valence-electron chi connectivity index (χ0n) is 10.1. The standard InChI is InChI=1S/C11H11N5O4/c17-5-8(11(19)20)12-10(18)7-3-1-6(2-4-7)9-13-15-16-14-9/h1-4,8,17H,5H2,(H,12,18)(H,19,20)(H,13,14,15,16)/t8-/m1/s1. The third-order valence-electron chi connectivity index (χ3n) is 2.54. The van der Waals surface area contributed by atoms with Crippen LogP contribution in [0.25, 0.3) is 11.4 Å². The summed E-state index contributed by atoms with van der Waals surface area (Å²) < 4.78 is 0. The minimum atomic E-state index is -1.33. The zero-order valence-corrected chi connectivity index (χ0v) is 10.1. The van der Waals surface area contributed by atoms with Crippen molar-refractivity contribution in [1.29, 1.82) is 0 Å². The average Bonchev–Trinajstić information content (AvgIpc) is 2.98. The predicted molar refractivity (Wildman–Crippen MR) is 65.6 cm³/mol. The van der Waals surface area contributed by atoms with Crippen LogP contribution in [0, 0.1) is 0 Å². The number of aromatic nitrogens is 4. The number of nitrogens with zero attached hydrogens (tertiary/aromatic N) is 3. The van der Waals surface area contributed by atoms with Gasteiger partial charge in [0.2, 0.25) is 5.82 Å². The van der Waals surface area contributed by atoms with Crippen LogP contribution in [0.4, 0.5) is 0 Å². The summed E-state index contributed by atoms with van der Waals surface area (Å²) in [4.78, 5) is 22.5. The van der Waals surface area contributed by atoms with Gasteiger partial charge >= 0.3 is 5.97 Å². The Kier molecular flexibility index (Phi) is 4.01. The van der Waals surface area contributed by atoms with Crippen LogP contribution in [-0.2, 0) is 4.79 Å². The lowest BCUT2D eigenvalue weighted by atomic mass is 10.1. The molecule has 1 atom stereocenters. The lowest BCUT2D eigenvalue weighted by molar-refractivity contribution is -0.140. The zero-order chi connectivity index (χ0) is 14.5. The van der Waals surface area contributed by atoms with Crippen molar-refractivity contribution in [3.05, 3.63) is 29.8 Å². The number of aliphatic hydroxyl groups is 1. The van der Waals surface area contributed by atoms with Crippen molar-refractivity contribution in [2.45, 2.75) is 6.04 Å². The summed E-state index contributed by atoms with van der Waals surface area (Å²) in [6.45, 7) is -0.679. The van der Waals surface area contributed by atoms with E-state index in [0.29, 0.717) is 11.4 Å². The molecule has 2 rings (SSSR count). The molecule has 0 aliphatic rings. The van der Waals surface area contributed by atoms with Gasteiger partial charge in [-0.15, -0.1) is 10.2 Å². The fourth-order valence-corrected chi connectivity index (χ4v) is 1.48. The summed E-state index contributed by atoms with van der Waals surface area (Å²) in [5.74, 6) is -1.51. The van der Waals surface area contributed by atoms with Gasteiger partial charge in [0.25, 0.3) is 5.91 Å². The highest BCUT2D eigenvalue weighted by molar-refractivity contribution is 5.96. The Morgan fingerprint density at radius 1 is 1.30 bits per heavy atom. The molecule has 104 valence electrons. The van der Waals surface area contributed by atoms with Gasteiger partial charge in [0.1, 0.15) is 0 Å². The second-order valence-electron chi connectivity index (χ2n) is 3.86. The molecule has 1 heterocycles. The van der Waals surface area contributed by atoms with E-state index in [1.807, 2.05) is 0 Å². The molecule has 2 aromatic rings. The molecule has 9 nitrogen and oxygen atoms in total. The number of amides is 1. The third-order valence-corrected chi connectivity index (χ3v) is 2.54. The Morgan fingerprint density at radius 2 is 2.00 bits per heavy atom. The third kappa shape index (κ3) is 2.95. The van der Waals surface area contributed by atoms with Crippen molar-refractivity contribution in [3.8, 4) is 11.4 Å². The van der Waals surface area contributed by atoms with Gasteiger partial charge < -0.3 is 15.5 Å². The van der Waals surface area contributed by atoms with Crippen molar-refractivity contribution in [2.75, 3.05) is 6.61 Å². The number of carboxylic acids is 1. The fraction of sp³-hybridized carbons (Fsp3) is 0.182. The molecule has 0 radical (unpaired) electrons. The molecule has 0 unspecified atom stereocenters. The Balaban J connectivity index is 2.10. The maximum Gasteiger partial charge on any atom is 0.328 e. The first-order valence-electron chi connectivity index (χ1n) is 5.60. The predicted octanol–water partition coefficient (Wildman–Crippen LogP) is -0.958. The number of rotatable bonds is 5. The van der Waals surface area contributed by atoms with Crippen LogP contribution in [-0.4, -0.2) is 55.4 Å². The number of H-pyrrole nitrogens is 1. The summed E-state index contributed by atoms with van der Waals surface area (Å²) in [6.07, 6.45) is 0. The first-order chi connectivity index (χ1) is 9.61. The SMILES string of the molecule is O=C(N[C@H](CO)C(=O)O)c1ccc(-c2nn[nH]n2)cc1. The van der Waals surface area contributed by atoms with E-state index in [9.17, 15) is 9.59 Å². The molecule has 0 aliphatic heterocycles. The Bertz CT molecular complexity index is 596. The van der Waals surface area contributed by atoms with Gasteiger partial charge in [-0.25, -0.2) is 4.79 Å². The second kappa shape index (κ2) is 5.89. The molecule has 1 amide bonds. The lowest BCUT2D eigenvalue weighted by Crippen LogP contribution is -2.43. The Morgan fingerprint density at radius 3 is 2.50 bits per heavy atom. The number of aromatic amines is 1. The monoisotopic (exact) mass is 277 g/mol. The van der Waals surface area contributed by atoms with Crippen molar-refractivity contribution in [3.63, 3.8) is 0 Å². The molecule has 1 aromatic carbocycles. The first kappa shape index (κ1) is 13.6. The van der Waals surface area contributed by atoms with Gasteiger partial charge in [-0.2, -0.15) is 5.21 Å². The number of tetrazole rings is 1. The fourth-order valence-electron chi connectivity index (χ4n) is 1.48. The smallest absolute Gasteiger partial charge is 0.328 e. The highest BCUT2D eigenvalue weighted by Gasteiger charge is 2.19. The van der Waals surface area contributed by atoms with Crippen LogP contribution < -0.4 is 5.32 Å². The molecular weight excluding hydrogens is 266 g/mol. The molecular formula is C11H11N5O4. The van der Waals surface area contributed by atoms with Gasteiger partial charge in [0, 0.05) is 11.1 Å². The van der Waals surface area contributed by atoms with E-state index in [1.165, 1.54) is 12.1 Å². The quantitative estimate of drug-likeness (QED) is 0.551. The molecule has 20 heavy (non-hydrogen) atoms. The number of carbonyl (C=O) groups excluding carboxylic acids is 1. The summed E-state index contributed by atoms with van der Waals surface area (Å²) in [5.41, 5.74) is 0.921. The van der Waals surface area contributed by atoms with Crippen LogP contribution in [0.1, 0.15) is 10.4 Å². The molecule has 0 bridgehead atoms. The number of hydrogen-bond donors (Lipinski definition) is 4. The molecule has 0 saturated carbocycles. The number of carbonyl (C=O) groups is 2. The minimum Gasteiger partial charge on any atom is -0.480 e. The van der Waals surface area contributed by atoms with Crippen molar-refractivity contribution < 1.29 is 19.8 Å². The largest absolute Gasteiger partial charge is 0.480 e. The van der Waals surface area contributed by atoms with E-state index in [0.717, 1.165) is 0 Å². The molecule has 4 N–H and O–H groups in total. The van der Waals surface area contributed by atoms with Gasteiger partial charge in [-0.1, -0.05) is 12.1 Å². The van der Waals surface area contributed by atoms with Gasteiger partial charge in [-0.05, 0) is 17.3 Å². The minimum absolute atomic E-state index is 0.261. The van der Waals surface area contributed by atoms with Crippen LogP contribution in [0.15, 0.2) is 24.3 Å². The number of aliphatic carboxylic acids is 1. The van der Waals surface area contributed by atoms with Crippen LogP contribution in [0.2, 0.25) is 0 Å². The highest BCUT2D eigenvalue weighted by Crippen LogP contribution is 2.13. The summed E-state index contributed by atoms with van der Waals surface area (Å²) in [6, 6.07) is 4.87. The highest BCUT2D eigenvalue weighted by atomic mass is 16.4. The Labute approximate surface area is 112 Å². The van der Waals surface area contributed by atoms with Crippen molar-refractivity contribution in [2.24, 2.45) is 0 Å². The van der Waals surface area contributed by atoms with Crippen LogP contribution >= 0.6 is 0 Å². The van der Waals surface area contributed by atoms with E-state index < -0.39 is 24.5 Å². The number of nitrogens with one attached hydrogen (secondary N) is 2. The van der Waals surface area contributed by atoms with Crippen molar-refractivity contribution in [1.82, 2.24) is 25.9 Å². The van der Waals surface area contributed by atoms with E-state index in [2.05, 4.69) is 25.9 Å². The number of hydrogen-bond acceptors (Lipinski definition) is 6. The number of aliphatic hydroxyl groups excluding tert-OH is 1. The Hall–Kier alpha value is -2.81. The van der Waals surface area contributed by atoms with E-state index in [4.69, 9.17) is 10.2 Å². The first-order valence-corrected chi connectivity index (χ1v) is 5.60. The summed E-state index contributed by atoms with van der Waals surface area (Å²) >= 11 is 0. The molecule has 0 saturated heterocycles. The summed E-state index contributed by atoms with van der Waals surface area (Å²) in [7, 11) is 0. The molecule has 0 fully saturated rings. The molecule has 0 aliphatic carbocycles. The van der Waals surface area contributed by atoms with E-state index in [-0.39, 0.29) is 5.56 Å². The van der Waals surface area contributed by atoms with Crippen LogP contribution in [0.5, 0.6) is 0 Å². The second-order valence-corrected chi connectivity index (χ2v) is 3.86. The average molecular weight is 277 g/mol. The topological polar surface area (TPSA) is 141 Å². The molecule has 0 spiro atoms. The molecule has 9 heteroatoms. The maximum atomic E-state index is 11.8. The van der Waals surface area contributed by atoms with Crippen LogP contribution in [0.3, 0.4) is 0 Å². The summed E-state index contributed by atoms with van der Waals surface area (Å²) in [5, 5.41) is 33.1. The van der Waals surface area contributed by atoms with Gasteiger partial charge in [0.15, 0.2) is 6.04 Å². The number of carboxylic acid groups (broad SMARTS) is 1. The van der Waals surface area contributed by atoms with Crippen molar-refractivity contribution >= 4 is 11.9 Å². The maximum absolute atomic E-state index is 11.8. The van der Waals surface area contributed by atoms with E-state index >= 15 is 0 Å². The number of benzene rings is 1. The van der Waals surface area contributed by atoms with E-state index in [1.54, 1.807) is 12.1 Å². The lowest BCUT2D eigenvalue weighted by Gasteiger charge is -2.11. The normalized spacial score (nSPS) is 11.8. The molecule has 1 aromatic heterocycles.